The molecule has 2 rings (SSSR count). The van der Waals surface area contributed by atoms with Crippen molar-refractivity contribution in [3.05, 3.63) is 41.7 Å². The first-order valence-electron chi connectivity index (χ1n) is 10.6. The van der Waals surface area contributed by atoms with E-state index in [-0.39, 0.29) is 11.9 Å². The molecular weight excluding hydrogens is 366 g/mol. The lowest BCUT2D eigenvalue weighted by atomic mass is 10.1. The van der Waals surface area contributed by atoms with Gasteiger partial charge in [0.25, 0.3) is 5.91 Å². The number of aromatic amines is 1. The summed E-state index contributed by atoms with van der Waals surface area (Å²) in [6.07, 6.45) is 5.51. The first kappa shape index (κ1) is 22.7. The minimum Gasteiger partial charge on any atom is -0.462 e. The van der Waals surface area contributed by atoms with Gasteiger partial charge in [-0.25, -0.2) is 9.78 Å². The van der Waals surface area contributed by atoms with Gasteiger partial charge in [0, 0.05) is 30.6 Å². The number of benzene rings is 1. The number of carbonyl (C=O) groups is 2. The normalized spacial score (nSPS) is 10.9. The van der Waals surface area contributed by atoms with Gasteiger partial charge in [-0.05, 0) is 44.4 Å². The number of fused-ring (bicyclic) bond motifs is 1. The van der Waals surface area contributed by atoms with Crippen LogP contribution in [0.3, 0.4) is 0 Å². The summed E-state index contributed by atoms with van der Waals surface area (Å²) >= 11 is 0. The summed E-state index contributed by atoms with van der Waals surface area (Å²) < 4.78 is 5.11. The second-order valence-electron chi connectivity index (χ2n) is 7.43. The van der Waals surface area contributed by atoms with Gasteiger partial charge in [-0.15, -0.1) is 0 Å². The third-order valence-corrected chi connectivity index (χ3v) is 4.77. The van der Waals surface area contributed by atoms with Gasteiger partial charge in [0.15, 0.2) is 0 Å². The maximum Gasteiger partial charge on any atom is 0.333 e. The van der Waals surface area contributed by atoms with Gasteiger partial charge >= 0.3 is 5.97 Å². The number of rotatable bonds is 12. The highest BCUT2D eigenvalue weighted by molar-refractivity contribution is 5.97. The van der Waals surface area contributed by atoms with E-state index in [0.717, 1.165) is 55.6 Å². The highest BCUT2D eigenvalue weighted by Crippen LogP contribution is 2.17. The first-order valence-corrected chi connectivity index (χ1v) is 10.6. The Bertz CT molecular complexity index is 833. The molecule has 158 valence electrons. The Morgan fingerprint density at radius 2 is 1.83 bits per heavy atom. The molecule has 0 saturated heterocycles. The number of H-pyrrole nitrogens is 1. The minimum atomic E-state index is -0.367. The summed E-state index contributed by atoms with van der Waals surface area (Å²) in [7, 11) is 0. The molecule has 0 saturated carbocycles. The highest BCUT2D eigenvalue weighted by Gasteiger charge is 2.16. The fourth-order valence-electron chi connectivity index (χ4n) is 3.04. The average molecular weight is 400 g/mol. The van der Waals surface area contributed by atoms with Crippen molar-refractivity contribution in [2.75, 3.05) is 19.7 Å². The van der Waals surface area contributed by atoms with Crippen LogP contribution in [0.2, 0.25) is 0 Å². The number of amides is 1. The average Bonchev–Trinajstić information content (AvgIpc) is 3.12. The molecule has 1 aromatic carbocycles. The van der Waals surface area contributed by atoms with Crippen molar-refractivity contribution in [1.82, 2.24) is 14.9 Å². The van der Waals surface area contributed by atoms with Crippen LogP contribution in [0, 0.1) is 0 Å². The van der Waals surface area contributed by atoms with Crippen molar-refractivity contribution in [3.63, 3.8) is 0 Å². The molecule has 1 N–H and O–H groups in total. The van der Waals surface area contributed by atoms with Crippen molar-refractivity contribution in [2.24, 2.45) is 0 Å². The molecule has 6 heteroatoms. The quantitative estimate of drug-likeness (QED) is 0.320. The molecule has 0 spiro atoms. The molecule has 6 nitrogen and oxygen atoms in total. The van der Waals surface area contributed by atoms with E-state index in [2.05, 4.69) is 30.4 Å². The number of hydrogen-bond acceptors (Lipinski definition) is 4. The van der Waals surface area contributed by atoms with Gasteiger partial charge in [-0.3, -0.25) is 4.79 Å². The number of unbranched alkanes of at least 4 members (excludes halogenated alkanes) is 2. The Morgan fingerprint density at radius 1 is 1.14 bits per heavy atom. The fraction of sp³-hybridized carbons (Fsp3) is 0.522. The maximum atomic E-state index is 13.0. The van der Waals surface area contributed by atoms with E-state index in [1.807, 2.05) is 23.1 Å². The summed E-state index contributed by atoms with van der Waals surface area (Å²) in [6.45, 7) is 11.4. The molecule has 0 aliphatic heterocycles. The van der Waals surface area contributed by atoms with Gasteiger partial charge in [-0.1, -0.05) is 33.3 Å². The van der Waals surface area contributed by atoms with Crippen molar-refractivity contribution in [2.45, 2.75) is 59.3 Å². The van der Waals surface area contributed by atoms with Crippen LogP contribution in [0.25, 0.3) is 11.0 Å². The largest absolute Gasteiger partial charge is 0.462 e. The molecule has 1 heterocycles. The van der Waals surface area contributed by atoms with Crippen LogP contribution >= 0.6 is 0 Å². The van der Waals surface area contributed by atoms with Crippen molar-refractivity contribution >= 4 is 22.9 Å². The number of aromatic nitrogens is 2. The monoisotopic (exact) mass is 399 g/mol. The molecule has 0 fully saturated rings. The van der Waals surface area contributed by atoms with Crippen molar-refractivity contribution < 1.29 is 14.3 Å². The molecule has 29 heavy (non-hydrogen) atoms. The zero-order valence-corrected chi connectivity index (χ0v) is 17.9. The second kappa shape index (κ2) is 11.4. The Balaban J connectivity index is 2.02. The number of nitrogens with zero attached hydrogens (tertiary/aromatic N) is 2. The topological polar surface area (TPSA) is 75.3 Å². The lowest BCUT2D eigenvalue weighted by Crippen LogP contribution is -2.32. The summed E-state index contributed by atoms with van der Waals surface area (Å²) in [5.74, 6) is 0.537. The van der Waals surface area contributed by atoms with Crippen LogP contribution in [0.15, 0.2) is 30.4 Å². The maximum absolute atomic E-state index is 13.0. The van der Waals surface area contributed by atoms with Crippen LogP contribution in [-0.2, 0) is 16.0 Å². The van der Waals surface area contributed by atoms with Gasteiger partial charge < -0.3 is 14.6 Å². The van der Waals surface area contributed by atoms with Crippen LogP contribution in [0.1, 0.15) is 69.1 Å². The SMILES string of the molecule is C=C(C)C(=O)OCCCc1nc2ccc(C(=O)N(CCCC)CCCC)cc2[nH]1. The third kappa shape index (κ3) is 6.73. The summed E-state index contributed by atoms with van der Waals surface area (Å²) in [5.41, 5.74) is 2.79. The van der Waals surface area contributed by atoms with E-state index in [1.54, 1.807) is 6.92 Å². The number of esters is 1. The van der Waals surface area contributed by atoms with E-state index in [1.165, 1.54) is 0 Å². The Labute approximate surface area is 173 Å². The number of aryl methyl sites for hydroxylation is 1. The Kier molecular flexibility index (Phi) is 8.90. The predicted molar refractivity (Wildman–Crippen MR) is 116 cm³/mol. The lowest BCUT2D eigenvalue weighted by Gasteiger charge is -2.22. The molecule has 0 bridgehead atoms. The Hall–Kier alpha value is -2.63. The molecule has 2 aromatic rings. The van der Waals surface area contributed by atoms with Crippen LogP contribution in [-0.4, -0.2) is 46.4 Å². The minimum absolute atomic E-state index is 0.0802. The smallest absolute Gasteiger partial charge is 0.333 e. The van der Waals surface area contributed by atoms with Gasteiger partial charge in [0.05, 0.1) is 17.6 Å². The zero-order chi connectivity index (χ0) is 21.2. The van der Waals surface area contributed by atoms with E-state index in [0.29, 0.717) is 30.6 Å². The molecule has 0 aliphatic carbocycles. The standard InChI is InChI=1S/C23H33N3O3/c1-5-7-13-26(14-8-6-2)22(27)18-11-12-19-20(16-18)25-21(24-19)10-9-15-29-23(28)17(3)4/h11-12,16H,3,5-10,13-15H2,1-2,4H3,(H,24,25). The predicted octanol–water partition coefficient (Wildman–Crippen LogP) is 4.66. The second-order valence-corrected chi connectivity index (χ2v) is 7.43. The van der Waals surface area contributed by atoms with Crippen molar-refractivity contribution in [3.8, 4) is 0 Å². The molecule has 1 amide bonds. The molecule has 0 atom stereocenters. The van der Waals surface area contributed by atoms with Gasteiger partial charge in [-0.2, -0.15) is 0 Å². The fourth-order valence-corrected chi connectivity index (χ4v) is 3.04. The number of hydrogen-bond donors (Lipinski definition) is 1. The Morgan fingerprint density at radius 3 is 2.45 bits per heavy atom. The van der Waals surface area contributed by atoms with E-state index in [4.69, 9.17) is 4.74 Å². The van der Waals surface area contributed by atoms with Crippen LogP contribution in [0.5, 0.6) is 0 Å². The highest BCUT2D eigenvalue weighted by atomic mass is 16.5. The number of nitrogens with one attached hydrogen (secondary N) is 1. The molecule has 0 aliphatic rings. The molecular formula is C23H33N3O3. The van der Waals surface area contributed by atoms with Gasteiger partial charge in [0.2, 0.25) is 0 Å². The number of ether oxygens (including phenoxy) is 1. The number of carbonyl (C=O) groups excluding carboxylic acids is 2. The van der Waals surface area contributed by atoms with Crippen molar-refractivity contribution in [1.29, 1.82) is 0 Å². The summed E-state index contributed by atoms with van der Waals surface area (Å²) in [6, 6.07) is 5.64. The summed E-state index contributed by atoms with van der Waals surface area (Å²) in [4.78, 5) is 34.2. The first-order chi connectivity index (χ1) is 14.0. The van der Waals surface area contributed by atoms with Crippen LogP contribution in [0.4, 0.5) is 0 Å². The summed E-state index contributed by atoms with van der Waals surface area (Å²) in [5, 5.41) is 0. The van der Waals surface area contributed by atoms with E-state index >= 15 is 0 Å². The van der Waals surface area contributed by atoms with E-state index in [9.17, 15) is 9.59 Å². The van der Waals surface area contributed by atoms with Crippen LogP contribution < -0.4 is 0 Å². The van der Waals surface area contributed by atoms with Gasteiger partial charge in [0.1, 0.15) is 5.82 Å². The number of imidazole rings is 1. The zero-order valence-electron chi connectivity index (χ0n) is 17.9. The molecule has 1 aromatic heterocycles. The molecule has 0 unspecified atom stereocenters. The third-order valence-electron chi connectivity index (χ3n) is 4.77. The van der Waals surface area contributed by atoms with E-state index < -0.39 is 0 Å². The molecule has 0 radical (unpaired) electrons. The lowest BCUT2D eigenvalue weighted by molar-refractivity contribution is -0.139.